The van der Waals surface area contributed by atoms with Crippen LogP contribution in [-0.2, 0) is 6.42 Å². The Kier molecular flexibility index (Phi) is 6.49. The number of aryl methyl sites for hydroxylation is 1. The molecule has 146 valence electrons. The van der Waals surface area contributed by atoms with Crippen LogP contribution in [0.5, 0.6) is 0 Å². The van der Waals surface area contributed by atoms with E-state index in [1.165, 1.54) is 5.56 Å². The van der Waals surface area contributed by atoms with Crippen molar-refractivity contribution in [2.75, 3.05) is 5.75 Å². The van der Waals surface area contributed by atoms with Gasteiger partial charge in [-0.25, -0.2) is 4.98 Å². The van der Waals surface area contributed by atoms with Crippen molar-refractivity contribution in [1.82, 2.24) is 4.98 Å². The highest BCUT2D eigenvalue weighted by molar-refractivity contribution is 7.99. The third-order valence-corrected chi connectivity index (χ3v) is 6.11. The average molecular weight is 427 g/mol. The molecule has 0 atom stereocenters. The number of aromatic nitrogens is 1. The SMILES string of the molecule is N#Cc1c(-c2ccccc2Cl)cc(-c2ccccc2)nc1SCCc1ccccc1. The summed E-state index contributed by atoms with van der Waals surface area (Å²) < 4.78 is 0. The number of thioether (sulfide) groups is 1. The van der Waals surface area contributed by atoms with E-state index in [1.807, 2.05) is 78.9 Å². The molecule has 4 rings (SSSR count). The highest BCUT2D eigenvalue weighted by Gasteiger charge is 2.17. The fourth-order valence-electron chi connectivity index (χ4n) is 3.29. The zero-order valence-corrected chi connectivity index (χ0v) is 17.8. The lowest BCUT2D eigenvalue weighted by Gasteiger charge is -2.13. The van der Waals surface area contributed by atoms with Crippen molar-refractivity contribution >= 4 is 23.4 Å². The maximum atomic E-state index is 9.98. The van der Waals surface area contributed by atoms with Crippen molar-refractivity contribution in [2.45, 2.75) is 11.4 Å². The van der Waals surface area contributed by atoms with E-state index in [1.54, 1.807) is 11.8 Å². The molecule has 3 aromatic carbocycles. The molecule has 0 spiro atoms. The second kappa shape index (κ2) is 9.63. The smallest absolute Gasteiger partial charge is 0.115 e. The number of nitriles is 1. The lowest BCUT2D eigenvalue weighted by atomic mass is 9.99. The Hall–Kier alpha value is -3.06. The van der Waals surface area contributed by atoms with Crippen LogP contribution >= 0.6 is 23.4 Å². The summed E-state index contributed by atoms with van der Waals surface area (Å²) in [6.45, 7) is 0. The molecule has 0 N–H and O–H groups in total. The molecule has 0 amide bonds. The summed E-state index contributed by atoms with van der Waals surface area (Å²) in [4.78, 5) is 4.86. The van der Waals surface area contributed by atoms with Gasteiger partial charge in [-0.1, -0.05) is 90.5 Å². The van der Waals surface area contributed by atoms with Crippen molar-refractivity contribution in [3.8, 4) is 28.5 Å². The molecular formula is C26H19ClN2S. The number of hydrogen-bond donors (Lipinski definition) is 0. The molecule has 0 aliphatic rings. The highest BCUT2D eigenvalue weighted by Crippen LogP contribution is 2.37. The van der Waals surface area contributed by atoms with Gasteiger partial charge in [0.2, 0.25) is 0 Å². The van der Waals surface area contributed by atoms with Gasteiger partial charge in [-0.2, -0.15) is 5.26 Å². The Morgan fingerprint density at radius 2 is 1.50 bits per heavy atom. The number of benzene rings is 3. The maximum absolute atomic E-state index is 9.98. The molecule has 0 saturated carbocycles. The molecule has 0 bridgehead atoms. The molecule has 0 saturated heterocycles. The lowest BCUT2D eigenvalue weighted by molar-refractivity contribution is 1.10. The number of nitrogens with zero attached hydrogens (tertiary/aromatic N) is 2. The van der Waals surface area contributed by atoms with Crippen LogP contribution in [0.4, 0.5) is 0 Å². The quantitative estimate of drug-likeness (QED) is 0.304. The van der Waals surface area contributed by atoms with Gasteiger partial charge in [0.25, 0.3) is 0 Å². The molecule has 4 aromatic rings. The first-order valence-corrected chi connectivity index (χ1v) is 11.0. The Morgan fingerprint density at radius 3 is 2.20 bits per heavy atom. The number of rotatable bonds is 6. The zero-order chi connectivity index (χ0) is 20.8. The van der Waals surface area contributed by atoms with Crippen LogP contribution < -0.4 is 0 Å². The number of hydrogen-bond acceptors (Lipinski definition) is 3. The molecule has 0 aliphatic heterocycles. The largest absolute Gasteiger partial charge is 0.240 e. The van der Waals surface area contributed by atoms with Crippen LogP contribution in [0, 0.1) is 11.3 Å². The third kappa shape index (κ3) is 4.57. The minimum Gasteiger partial charge on any atom is -0.240 e. The first-order valence-electron chi connectivity index (χ1n) is 9.68. The highest BCUT2D eigenvalue weighted by atomic mass is 35.5. The average Bonchev–Trinajstić information content (AvgIpc) is 2.80. The summed E-state index contributed by atoms with van der Waals surface area (Å²) >= 11 is 8.10. The zero-order valence-electron chi connectivity index (χ0n) is 16.3. The monoisotopic (exact) mass is 426 g/mol. The molecule has 30 heavy (non-hydrogen) atoms. The fraction of sp³-hybridized carbons (Fsp3) is 0.0769. The first kappa shape index (κ1) is 20.2. The van der Waals surface area contributed by atoms with Gasteiger partial charge in [-0.15, -0.1) is 11.8 Å². The minimum atomic E-state index is 0.570. The molecular weight excluding hydrogens is 408 g/mol. The summed E-state index contributed by atoms with van der Waals surface area (Å²) in [6.07, 6.45) is 0.912. The van der Waals surface area contributed by atoms with E-state index in [9.17, 15) is 5.26 Å². The molecule has 2 nitrogen and oxygen atoms in total. The Bertz CT molecular complexity index is 1180. The topological polar surface area (TPSA) is 36.7 Å². The standard InChI is InChI=1S/C26H19ClN2S/c27-24-14-8-7-13-21(24)22-17-25(20-11-5-2-6-12-20)29-26(23(22)18-28)30-16-15-19-9-3-1-4-10-19/h1-14,17H,15-16H2. The van der Waals surface area contributed by atoms with E-state index >= 15 is 0 Å². The first-order chi connectivity index (χ1) is 14.8. The second-order valence-electron chi connectivity index (χ2n) is 6.78. The summed E-state index contributed by atoms with van der Waals surface area (Å²) in [5.41, 5.74) is 5.36. The van der Waals surface area contributed by atoms with Gasteiger partial charge in [0.1, 0.15) is 11.1 Å². The Morgan fingerprint density at radius 1 is 0.833 bits per heavy atom. The van der Waals surface area contributed by atoms with E-state index in [2.05, 4.69) is 18.2 Å². The van der Waals surface area contributed by atoms with Gasteiger partial charge in [-0.3, -0.25) is 0 Å². The van der Waals surface area contributed by atoms with Gasteiger partial charge in [0.05, 0.1) is 11.3 Å². The maximum Gasteiger partial charge on any atom is 0.115 e. The third-order valence-electron chi connectivity index (χ3n) is 4.80. The number of halogens is 1. The van der Waals surface area contributed by atoms with E-state index in [0.717, 1.165) is 39.6 Å². The second-order valence-corrected chi connectivity index (χ2v) is 8.27. The molecule has 0 aliphatic carbocycles. The van der Waals surface area contributed by atoms with E-state index in [0.29, 0.717) is 10.6 Å². The molecule has 0 radical (unpaired) electrons. The van der Waals surface area contributed by atoms with Crippen molar-refractivity contribution in [3.05, 3.63) is 107 Å². The molecule has 1 aromatic heterocycles. The summed E-state index contributed by atoms with van der Waals surface area (Å²) in [6, 6.07) is 32.4. The summed E-state index contributed by atoms with van der Waals surface area (Å²) in [5, 5.41) is 11.3. The van der Waals surface area contributed by atoms with E-state index < -0.39 is 0 Å². The van der Waals surface area contributed by atoms with Crippen molar-refractivity contribution in [2.24, 2.45) is 0 Å². The Labute approximate surface area is 186 Å². The lowest BCUT2D eigenvalue weighted by Crippen LogP contribution is -1.98. The fourth-order valence-corrected chi connectivity index (χ4v) is 4.52. The predicted molar refractivity (Wildman–Crippen MR) is 126 cm³/mol. The van der Waals surface area contributed by atoms with E-state index in [-0.39, 0.29) is 0 Å². The van der Waals surface area contributed by atoms with Crippen molar-refractivity contribution in [3.63, 3.8) is 0 Å². The molecule has 0 fully saturated rings. The molecule has 0 unspecified atom stereocenters. The van der Waals surface area contributed by atoms with Crippen LogP contribution in [0.2, 0.25) is 5.02 Å². The molecule has 4 heteroatoms. The van der Waals surface area contributed by atoms with E-state index in [4.69, 9.17) is 16.6 Å². The van der Waals surface area contributed by atoms with Crippen molar-refractivity contribution in [1.29, 1.82) is 5.26 Å². The van der Waals surface area contributed by atoms with Gasteiger partial charge in [0.15, 0.2) is 0 Å². The summed E-state index contributed by atoms with van der Waals surface area (Å²) in [7, 11) is 0. The Balaban J connectivity index is 1.76. The number of pyridine rings is 1. The predicted octanol–water partition coefficient (Wildman–Crippen LogP) is 7.28. The van der Waals surface area contributed by atoms with Crippen LogP contribution in [0.3, 0.4) is 0 Å². The van der Waals surface area contributed by atoms with Gasteiger partial charge >= 0.3 is 0 Å². The van der Waals surface area contributed by atoms with Crippen LogP contribution in [0.25, 0.3) is 22.4 Å². The van der Waals surface area contributed by atoms with Crippen LogP contribution in [0.15, 0.2) is 96.0 Å². The van der Waals surface area contributed by atoms with Gasteiger partial charge < -0.3 is 0 Å². The van der Waals surface area contributed by atoms with Crippen LogP contribution in [0.1, 0.15) is 11.1 Å². The minimum absolute atomic E-state index is 0.570. The van der Waals surface area contributed by atoms with Crippen molar-refractivity contribution < 1.29 is 0 Å². The van der Waals surface area contributed by atoms with Gasteiger partial charge in [0, 0.05) is 27.5 Å². The van der Waals surface area contributed by atoms with Gasteiger partial charge in [-0.05, 0) is 24.1 Å². The molecule has 1 heterocycles. The van der Waals surface area contributed by atoms with Crippen LogP contribution in [-0.4, -0.2) is 10.7 Å². The normalized spacial score (nSPS) is 10.5. The summed E-state index contributed by atoms with van der Waals surface area (Å²) in [5.74, 6) is 0.839.